The summed E-state index contributed by atoms with van der Waals surface area (Å²) in [6.45, 7) is -0.361. The third kappa shape index (κ3) is 31.0. The van der Waals surface area contributed by atoms with Gasteiger partial charge in [-0.05, 0) is 59.6 Å². The van der Waals surface area contributed by atoms with E-state index in [-0.39, 0.29) is 45.9 Å². The minimum absolute atomic E-state index is 0.172. The summed E-state index contributed by atoms with van der Waals surface area (Å²) in [6, 6.07) is 32.6. The molecule has 1 heterocycles. The Bertz CT molecular complexity index is 4140. The standard InChI is InChI=1S/C78H94N14O21/c1-47(2)35-56-65(95)86-60(39-81-75(105)110-43-52-27-15-7-16-28-52)69(99)89-62(41-83-77(107)112-45-54-31-19-9-20-32-54)71(101)91-63(48(3)93)72(102)79-37-58(68(98)88-59(38-80-74(104)109-42-51-25-13-6-14-26-51)67(97)85-57(66(96)84-56)36-50-23-11-5-12-24-50)87-70(100)61(40-82-76(106)111-44-53-29-17-8-18-30-53)90-73(103)64(49(4)94)92-78(108)113-46-55-33-21-10-22-34-55/h5-34,47-49,56-64,93-94H,35-46H2,1-4H3,(H,79,102)(H,80,104)(H,81,105)(H,82,106)(H,83,107)(H,84,96)(H,85,97)(H,86,95)(H,87,100)(H,88,98)(H,89,99)(H,90,103)(H,91,101)(H,92,108)/t48-,49-,56+,57-,58+,59+,60+,61+,62+,63+,64+/m1/s1. The molecule has 16 N–H and O–H groups in total. The number of aliphatic hydroxyl groups excluding tert-OH is 2. The highest BCUT2D eigenvalue weighted by Gasteiger charge is 2.39. The predicted molar refractivity (Wildman–Crippen MR) is 403 cm³/mol. The topological polar surface area (TPSA) is 494 Å². The molecule has 7 rings (SSSR count). The smallest absolute Gasteiger partial charge is 0.408 e. The molecule has 0 aliphatic carbocycles. The van der Waals surface area contributed by atoms with Crippen molar-refractivity contribution in [2.45, 2.75) is 140 Å². The lowest BCUT2D eigenvalue weighted by molar-refractivity contribution is -0.137. The Kier molecular flexibility index (Phi) is 35.2. The number of alkyl carbamates (subject to hydrolysis) is 5. The van der Waals surface area contributed by atoms with Gasteiger partial charge in [0.1, 0.15) is 87.4 Å². The number of nitrogens with one attached hydrogen (secondary N) is 14. The van der Waals surface area contributed by atoms with E-state index in [0.717, 1.165) is 13.8 Å². The van der Waals surface area contributed by atoms with Crippen LogP contribution >= 0.6 is 0 Å². The molecule has 6 aromatic rings. The molecule has 1 aliphatic heterocycles. The zero-order chi connectivity index (χ0) is 81.6. The van der Waals surface area contributed by atoms with Crippen molar-refractivity contribution in [3.63, 3.8) is 0 Å². The number of hydrogen-bond donors (Lipinski definition) is 16. The fraction of sp³-hybridized carbons (Fsp3) is 0.359. The first-order valence-electron chi connectivity index (χ1n) is 36.1. The van der Waals surface area contributed by atoms with E-state index in [2.05, 4.69) is 74.4 Å². The van der Waals surface area contributed by atoms with Crippen LogP contribution in [0.2, 0.25) is 0 Å². The van der Waals surface area contributed by atoms with Crippen LogP contribution in [0.25, 0.3) is 0 Å². The van der Waals surface area contributed by atoms with E-state index in [0.29, 0.717) is 33.4 Å². The second kappa shape index (κ2) is 45.7. The Morgan fingerprint density at radius 1 is 0.381 bits per heavy atom. The summed E-state index contributed by atoms with van der Waals surface area (Å²) in [5, 5.41) is 56.0. The molecular weight excluding hydrogens is 1470 g/mol. The highest BCUT2D eigenvalue weighted by Crippen LogP contribution is 2.13. The molecule has 1 saturated heterocycles. The normalized spacial score (nSPS) is 18.9. The van der Waals surface area contributed by atoms with Gasteiger partial charge in [0.2, 0.25) is 53.2 Å². The maximum absolute atomic E-state index is 15.3. The van der Waals surface area contributed by atoms with Crippen LogP contribution in [0.3, 0.4) is 0 Å². The van der Waals surface area contributed by atoms with Gasteiger partial charge in [-0.15, -0.1) is 0 Å². The van der Waals surface area contributed by atoms with Crippen molar-refractivity contribution in [2.24, 2.45) is 5.92 Å². The summed E-state index contributed by atoms with van der Waals surface area (Å²) >= 11 is 0. The second-order valence-corrected chi connectivity index (χ2v) is 26.4. The van der Waals surface area contributed by atoms with E-state index in [4.69, 9.17) is 23.7 Å². The first kappa shape index (κ1) is 87.1. The molecule has 602 valence electrons. The predicted octanol–water partition coefficient (Wildman–Crippen LogP) is 1.05. The Hall–Kier alpha value is -13.2. The summed E-state index contributed by atoms with van der Waals surface area (Å²) in [4.78, 5) is 201. The van der Waals surface area contributed by atoms with Crippen molar-refractivity contribution in [3.8, 4) is 0 Å². The van der Waals surface area contributed by atoms with Crippen molar-refractivity contribution in [1.29, 1.82) is 0 Å². The van der Waals surface area contributed by atoms with Gasteiger partial charge in [-0.1, -0.05) is 196 Å². The molecule has 6 aromatic carbocycles. The number of amides is 14. The Morgan fingerprint density at radius 2 is 0.708 bits per heavy atom. The van der Waals surface area contributed by atoms with Crippen LogP contribution in [-0.4, -0.2) is 193 Å². The molecule has 0 spiro atoms. The number of benzene rings is 6. The molecule has 1 fully saturated rings. The summed E-state index contributed by atoms with van der Waals surface area (Å²) in [6.07, 6.45) is -9.86. The SMILES string of the molecule is CC(C)C[C@@H]1NC(=O)[C@@H](Cc2ccccc2)NC(=O)[C@H](CNC(=O)OCc2ccccc2)NC(=O)[C@@H](NC(=O)[C@H](CNC(=O)OCc2ccccc2)NC(=O)[C@@H](NC(=O)OCc2ccccc2)[C@@H](C)O)CNC(=O)[C@H]([C@@H](C)O)NC(=O)[C@H](CNC(=O)OCc2ccccc2)NC(=O)[C@H](CNC(=O)OCc2ccccc2)NC1=O. The lowest BCUT2D eigenvalue weighted by Gasteiger charge is -2.30. The quantitative estimate of drug-likeness (QED) is 0.0292. The van der Waals surface area contributed by atoms with Crippen molar-refractivity contribution >= 4 is 83.6 Å². The lowest BCUT2D eigenvalue weighted by atomic mass is 10.0. The highest BCUT2D eigenvalue weighted by molar-refractivity contribution is 6.00. The zero-order valence-electron chi connectivity index (χ0n) is 62.4. The van der Waals surface area contributed by atoms with Crippen LogP contribution in [0.4, 0.5) is 24.0 Å². The Balaban J connectivity index is 1.30. The summed E-state index contributed by atoms with van der Waals surface area (Å²) in [5.41, 5.74) is 3.17. The molecule has 35 nitrogen and oxygen atoms in total. The number of hydrogen-bond acceptors (Lipinski definition) is 21. The van der Waals surface area contributed by atoms with Gasteiger partial charge in [-0.3, -0.25) is 43.2 Å². The molecule has 35 heteroatoms. The maximum Gasteiger partial charge on any atom is 0.408 e. The number of ether oxygens (including phenoxy) is 5. The molecule has 14 amide bonds. The zero-order valence-corrected chi connectivity index (χ0v) is 62.4. The lowest BCUT2D eigenvalue weighted by Crippen LogP contribution is -2.65. The summed E-state index contributed by atoms with van der Waals surface area (Å²) in [7, 11) is 0. The van der Waals surface area contributed by atoms with E-state index >= 15 is 19.2 Å². The first-order valence-corrected chi connectivity index (χ1v) is 36.1. The van der Waals surface area contributed by atoms with E-state index in [1.165, 1.54) is 0 Å². The van der Waals surface area contributed by atoms with Crippen molar-refractivity contribution in [3.05, 3.63) is 215 Å². The third-order valence-electron chi connectivity index (χ3n) is 16.9. The van der Waals surface area contributed by atoms with Crippen LogP contribution < -0.4 is 74.4 Å². The molecule has 0 bridgehead atoms. The van der Waals surface area contributed by atoms with Gasteiger partial charge in [-0.2, -0.15) is 0 Å². The first-order chi connectivity index (χ1) is 54.3. The second-order valence-electron chi connectivity index (χ2n) is 26.4. The molecule has 1 aliphatic rings. The van der Waals surface area contributed by atoms with E-state index in [9.17, 15) is 58.2 Å². The van der Waals surface area contributed by atoms with Crippen molar-refractivity contribution in [2.75, 3.05) is 32.7 Å². The fourth-order valence-corrected chi connectivity index (χ4v) is 10.8. The number of carbonyl (C=O) groups excluding carboxylic acids is 14. The molecule has 0 aromatic heterocycles. The van der Waals surface area contributed by atoms with E-state index in [1.807, 2.05) is 0 Å². The number of carbonyl (C=O) groups is 14. The van der Waals surface area contributed by atoms with Crippen molar-refractivity contribution < 1.29 is 101 Å². The molecule has 0 unspecified atom stereocenters. The molecule has 11 atom stereocenters. The fourth-order valence-electron chi connectivity index (χ4n) is 10.8. The van der Waals surface area contributed by atoms with Crippen LogP contribution in [0, 0.1) is 5.92 Å². The summed E-state index contributed by atoms with van der Waals surface area (Å²) < 4.78 is 26.8. The molecule has 0 saturated carbocycles. The average Bonchev–Trinajstić information content (AvgIpc) is 0.843. The van der Waals surface area contributed by atoms with Crippen molar-refractivity contribution in [1.82, 2.24) is 74.4 Å². The molecule has 0 radical (unpaired) electrons. The largest absolute Gasteiger partial charge is 0.445 e. The van der Waals surface area contributed by atoms with Gasteiger partial charge in [0.05, 0.1) is 38.4 Å². The third-order valence-corrected chi connectivity index (χ3v) is 16.9. The van der Waals surface area contributed by atoms with Gasteiger partial charge in [0.15, 0.2) is 0 Å². The van der Waals surface area contributed by atoms with Gasteiger partial charge >= 0.3 is 30.5 Å². The monoisotopic (exact) mass is 1560 g/mol. The van der Waals surface area contributed by atoms with Crippen LogP contribution in [-0.2, 0) is 106 Å². The molecular formula is C78H94N14O21. The number of aliphatic hydroxyl groups is 2. The van der Waals surface area contributed by atoms with Gasteiger partial charge in [-0.25, -0.2) is 24.0 Å². The average molecular weight is 1560 g/mol. The molecule has 113 heavy (non-hydrogen) atoms. The Labute approximate surface area is 650 Å². The van der Waals surface area contributed by atoms with Crippen LogP contribution in [0.15, 0.2) is 182 Å². The summed E-state index contributed by atoms with van der Waals surface area (Å²) in [5.74, 6) is -11.7. The van der Waals surface area contributed by atoms with E-state index in [1.54, 1.807) is 196 Å². The Morgan fingerprint density at radius 3 is 1.09 bits per heavy atom. The van der Waals surface area contributed by atoms with Gasteiger partial charge < -0.3 is 108 Å². The van der Waals surface area contributed by atoms with E-state index < -0.39 is 189 Å². The van der Waals surface area contributed by atoms with Crippen LogP contribution in [0.1, 0.15) is 67.5 Å². The van der Waals surface area contributed by atoms with Crippen LogP contribution in [0.5, 0.6) is 0 Å². The number of rotatable bonds is 29. The highest BCUT2D eigenvalue weighted by atomic mass is 16.6. The maximum atomic E-state index is 15.3. The minimum Gasteiger partial charge on any atom is -0.445 e. The van der Waals surface area contributed by atoms with Gasteiger partial charge in [0, 0.05) is 13.0 Å². The van der Waals surface area contributed by atoms with Gasteiger partial charge in [0.25, 0.3) is 0 Å². The minimum atomic E-state index is -2.20.